The summed E-state index contributed by atoms with van der Waals surface area (Å²) < 4.78 is 5.06. The Balaban J connectivity index is 2.32. The van der Waals surface area contributed by atoms with E-state index < -0.39 is 18.0 Å². The van der Waals surface area contributed by atoms with Crippen LogP contribution in [-0.2, 0) is 14.3 Å². The summed E-state index contributed by atoms with van der Waals surface area (Å²) in [5.41, 5.74) is -1.42. The highest BCUT2D eigenvalue weighted by atomic mass is 16.5. The van der Waals surface area contributed by atoms with Crippen LogP contribution in [0.25, 0.3) is 0 Å². The van der Waals surface area contributed by atoms with Gasteiger partial charge in [0.25, 0.3) is 0 Å². The van der Waals surface area contributed by atoms with E-state index in [0.29, 0.717) is 19.6 Å². The summed E-state index contributed by atoms with van der Waals surface area (Å²) >= 11 is 0. The highest BCUT2D eigenvalue weighted by Gasteiger charge is 2.28. The zero-order chi connectivity index (χ0) is 12.2. The van der Waals surface area contributed by atoms with Crippen LogP contribution in [0.5, 0.6) is 0 Å². The molecule has 0 radical (unpaired) electrons. The van der Waals surface area contributed by atoms with Crippen LogP contribution in [0.3, 0.4) is 0 Å². The van der Waals surface area contributed by atoms with E-state index in [2.05, 4.69) is 5.32 Å². The SMILES string of the molecule is CC(O)(CNC(=O)C1CCOC1)CC(=O)O. The van der Waals surface area contributed by atoms with Crippen molar-refractivity contribution >= 4 is 11.9 Å². The number of nitrogens with one attached hydrogen (secondary N) is 1. The lowest BCUT2D eigenvalue weighted by Gasteiger charge is -2.22. The Morgan fingerprint density at radius 2 is 2.25 bits per heavy atom. The normalized spacial score (nSPS) is 23.8. The quantitative estimate of drug-likeness (QED) is 0.585. The van der Waals surface area contributed by atoms with E-state index in [1.165, 1.54) is 6.92 Å². The molecule has 6 nitrogen and oxygen atoms in total. The largest absolute Gasteiger partial charge is 0.481 e. The van der Waals surface area contributed by atoms with Crippen LogP contribution in [0, 0.1) is 5.92 Å². The van der Waals surface area contributed by atoms with Crippen molar-refractivity contribution in [3.05, 3.63) is 0 Å². The second-order valence-electron chi connectivity index (χ2n) is 4.35. The first-order chi connectivity index (χ1) is 7.41. The van der Waals surface area contributed by atoms with Gasteiger partial charge in [0.1, 0.15) is 0 Å². The van der Waals surface area contributed by atoms with Crippen LogP contribution in [0.15, 0.2) is 0 Å². The van der Waals surface area contributed by atoms with E-state index in [1.807, 2.05) is 0 Å². The molecule has 1 saturated heterocycles. The Labute approximate surface area is 93.6 Å². The molecule has 1 heterocycles. The molecule has 1 fully saturated rings. The molecule has 2 unspecified atom stereocenters. The molecule has 0 aromatic heterocycles. The number of carbonyl (C=O) groups is 2. The first-order valence-corrected chi connectivity index (χ1v) is 5.20. The minimum atomic E-state index is -1.42. The van der Waals surface area contributed by atoms with Crippen LogP contribution < -0.4 is 5.32 Å². The van der Waals surface area contributed by atoms with Gasteiger partial charge < -0.3 is 20.3 Å². The Morgan fingerprint density at radius 3 is 2.75 bits per heavy atom. The summed E-state index contributed by atoms with van der Waals surface area (Å²) in [5, 5.41) is 20.7. The highest BCUT2D eigenvalue weighted by molar-refractivity contribution is 5.79. The standard InChI is InChI=1S/C10H17NO5/c1-10(15,4-8(12)13)6-11-9(14)7-2-3-16-5-7/h7,15H,2-6H2,1H3,(H,11,14)(H,12,13). The van der Waals surface area contributed by atoms with Crippen LogP contribution in [0.4, 0.5) is 0 Å². The molecule has 92 valence electrons. The van der Waals surface area contributed by atoms with Crippen LogP contribution in [-0.4, -0.2) is 47.4 Å². The lowest BCUT2D eigenvalue weighted by molar-refractivity contribution is -0.142. The second kappa shape index (κ2) is 5.27. The first kappa shape index (κ1) is 12.9. The van der Waals surface area contributed by atoms with Crippen LogP contribution in [0.1, 0.15) is 19.8 Å². The molecule has 2 atom stereocenters. The van der Waals surface area contributed by atoms with Gasteiger partial charge in [-0.25, -0.2) is 0 Å². The number of ether oxygens (including phenoxy) is 1. The van der Waals surface area contributed by atoms with Crippen molar-refractivity contribution in [2.75, 3.05) is 19.8 Å². The number of carboxylic acids is 1. The number of amides is 1. The molecule has 1 amide bonds. The summed E-state index contributed by atoms with van der Waals surface area (Å²) in [5.74, 6) is -1.47. The van der Waals surface area contributed by atoms with Gasteiger partial charge in [0.05, 0.1) is 24.5 Å². The monoisotopic (exact) mass is 231 g/mol. The average molecular weight is 231 g/mol. The maximum atomic E-state index is 11.5. The number of hydrogen-bond acceptors (Lipinski definition) is 4. The lowest BCUT2D eigenvalue weighted by Crippen LogP contribution is -2.44. The summed E-state index contributed by atoms with van der Waals surface area (Å²) in [4.78, 5) is 22.0. The van der Waals surface area contributed by atoms with Gasteiger partial charge in [0, 0.05) is 13.2 Å². The Morgan fingerprint density at radius 1 is 1.56 bits per heavy atom. The van der Waals surface area contributed by atoms with E-state index in [1.54, 1.807) is 0 Å². The molecule has 0 bridgehead atoms. The highest BCUT2D eigenvalue weighted by Crippen LogP contribution is 2.13. The molecule has 1 rings (SSSR count). The molecule has 6 heteroatoms. The first-order valence-electron chi connectivity index (χ1n) is 5.20. The molecule has 0 saturated carbocycles. The predicted octanol–water partition coefficient (Wildman–Crippen LogP) is -0.635. The second-order valence-corrected chi connectivity index (χ2v) is 4.35. The van der Waals surface area contributed by atoms with Gasteiger partial charge >= 0.3 is 5.97 Å². The maximum absolute atomic E-state index is 11.5. The minimum absolute atomic E-state index is 0.0609. The third kappa shape index (κ3) is 4.16. The Kier molecular flexibility index (Phi) is 4.26. The van der Waals surface area contributed by atoms with E-state index in [9.17, 15) is 14.7 Å². The van der Waals surface area contributed by atoms with Gasteiger partial charge in [-0.05, 0) is 13.3 Å². The molecule has 0 aromatic carbocycles. The third-order valence-electron chi connectivity index (χ3n) is 2.48. The van der Waals surface area contributed by atoms with Crippen LogP contribution in [0.2, 0.25) is 0 Å². The molecular formula is C10H17NO5. The number of aliphatic hydroxyl groups is 1. The molecule has 1 aliphatic heterocycles. The van der Waals surface area contributed by atoms with Gasteiger partial charge in [-0.2, -0.15) is 0 Å². The molecular weight excluding hydrogens is 214 g/mol. The van der Waals surface area contributed by atoms with Crippen molar-refractivity contribution < 1.29 is 24.5 Å². The van der Waals surface area contributed by atoms with E-state index in [-0.39, 0.29) is 18.4 Å². The summed E-state index contributed by atoms with van der Waals surface area (Å²) in [6, 6.07) is 0. The van der Waals surface area contributed by atoms with E-state index in [0.717, 1.165) is 0 Å². The van der Waals surface area contributed by atoms with Gasteiger partial charge in [0.15, 0.2) is 0 Å². The van der Waals surface area contributed by atoms with Crippen molar-refractivity contribution in [3.63, 3.8) is 0 Å². The van der Waals surface area contributed by atoms with Crippen molar-refractivity contribution in [1.82, 2.24) is 5.32 Å². The number of carboxylic acid groups (broad SMARTS) is 1. The van der Waals surface area contributed by atoms with E-state index in [4.69, 9.17) is 9.84 Å². The molecule has 0 aromatic rings. The average Bonchev–Trinajstić information content (AvgIpc) is 2.64. The zero-order valence-corrected chi connectivity index (χ0v) is 9.23. The Hall–Kier alpha value is -1.14. The van der Waals surface area contributed by atoms with Crippen molar-refractivity contribution in [3.8, 4) is 0 Å². The molecule has 0 spiro atoms. The van der Waals surface area contributed by atoms with Gasteiger partial charge in [0.2, 0.25) is 5.91 Å². The summed E-state index contributed by atoms with van der Waals surface area (Å²) in [6.45, 7) is 2.29. The number of aliphatic carboxylic acids is 1. The smallest absolute Gasteiger partial charge is 0.306 e. The topological polar surface area (TPSA) is 95.9 Å². The van der Waals surface area contributed by atoms with Crippen molar-refractivity contribution in [1.29, 1.82) is 0 Å². The summed E-state index contributed by atoms with van der Waals surface area (Å²) in [7, 11) is 0. The van der Waals surface area contributed by atoms with Gasteiger partial charge in [-0.1, -0.05) is 0 Å². The van der Waals surface area contributed by atoms with E-state index >= 15 is 0 Å². The molecule has 16 heavy (non-hydrogen) atoms. The third-order valence-corrected chi connectivity index (χ3v) is 2.48. The lowest BCUT2D eigenvalue weighted by atomic mass is 10.0. The fourth-order valence-corrected chi connectivity index (χ4v) is 1.55. The minimum Gasteiger partial charge on any atom is -0.481 e. The number of carbonyl (C=O) groups excluding carboxylic acids is 1. The van der Waals surface area contributed by atoms with Crippen LogP contribution >= 0.6 is 0 Å². The maximum Gasteiger partial charge on any atom is 0.306 e. The fraction of sp³-hybridized carbons (Fsp3) is 0.800. The molecule has 1 aliphatic rings. The fourth-order valence-electron chi connectivity index (χ4n) is 1.55. The zero-order valence-electron chi connectivity index (χ0n) is 9.23. The molecule has 3 N–H and O–H groups in total. The molecule has 0 aliphatic carbocycles. The van der Waals surface area contributed by atoms with Crippen molar-refractivity contribution in [2.45, 2.75) is 25.4 Å². The summed E-state index contributed by atoms with van der Waals surface area (Å²) in [6.07, 6.45) is 0.279. The predicted molar refractivity (Wildman–Crippen MR) is 54.8 cm³/mol. The van der Waals surface area contributed by atoms with Gasteiger partial charge in [-0.3, -0.25) is 9.59 Å². The van der Waals surface area contributed by atoms with Crippen molar-refractivity contribution in [2.24, 2.45) is 5.92 Å². The number of rotatable bonds is 5. The number of hydrogen-bond donors (Lipinski definition) is 3. The van der Waals surface area contributed by atoms with Gasteiger partial charge in [-0.15, -0.1) is 0 Å². The Bertz CT molecular complexity index is 270.